The number of ether oxygens (including phenoxy) is 2. The zero-order chi connectivity index (χ0) is 21.8. The molecule has 0 unspecified atom stereocenters. The Morgan fingerprint density at radius 3 is 2.52 bits per heavy atom. The maximum Gasteiger partial charge on any atom is 0.261 e. The number of rotatable bonds is 6. The summed E-state index contributed by atoms with van der Waals surface area (Å²) in [5, 5.41) is 2.81. The molecule has 7 nitrogen and oxygen atoms in total. The number of nitrogens with one attached hydrogen (secondary N) is 2. The normalized spacial score (nSPS) is 15.2. The van der Waals surface area contributed by atoms with E-state index in [-0.39, 0.29) is 23.5 Å². The van der Waals surface area contributed by atoms with Gasteiger partial charge in [0.1, 0.15) is 12.7 Å². The van der Waals surface area contributed by atoms with Crippen LogP contribution in [0.25, 0.3) is 0 Å². The van der Waals surface area contributed by atoms with Gasteiger partial charge in [0.05, 0.1) is 11.4 Å². The minimum Gasteiger partial charge on any atom is -0.486 e. The molecule has 0 radical (unpaired) electrons. The Morgan fingerprint density at radius 1 is 1.00 bits per heavy atom. The second-order valence-corrected chi connectivity index (χ2v) is 8.89. The van der Waals surface area contributed by atoms with Crippen molar-refractivity contribution in [3.05, 3.63) is 83.9 Å². The highest BCUT2D eigenvalue weighted by molar-refractivity contribution is 7.92. The fraction of sp³-hybridized carbons (Fsp3) is 0.174. The van der Waals surface area contributed by atoms with Crippen molar-refractivity contribution in [2.75, 3.05) is 17.9 Å². The van der Waals surface area contributed by atoms with Gasteiger partial charge in [-0.25, -0.2) is 8.42 Å². The number of carbonyl (C=O) groups excluding carboxylic acids is 1. The topological polar surface area (TPSA) is 93.7 Å². The summed E-state index contributed by atoms with van der Waals surface area (Å²) in [5.41, 5.74) is 1.61. The first-order chi connectivity index (χ1) is 14.9. The number of anilines is 1. The third kappa shape index (κ3) is 4.97. The van der Waals surface area contributed by atoms with Gasteiger partial charge >= 0.3 is 0 Å². The number of benzene rings is 3. The number of amides is 1. The van der Waals surface area contributed by atoms with Crippen LogP contribution in [0.15, 0.2) is 77.7 Å². The molecule has 1 aliphatic heterocycles. The molecule has 3 aromatic carbocycles. The van der Waals surface area contributed by atoms with E-state index < -0.39 is 10.0 Å². The largest absolute Gasteiger partial charge is 0.486 e. The number of para-hydroxylation sites is 2. The Balaban J connectivity index is 1.39. The van der Waals surface area contributed by atoms with E-state index in [1.54, 1.807) is 42.5 Å². The van der Waals surface area contributed by atoms with Gasteiger partial charge in [-0.1, -0.05) is 35.9 Å². The van der Waals surface area contributed by atoms with Crippen LogP contribution in [0.4, 0.5) is 5.69 Å². The summed E-state index contributed by atoms with van der Waals surface area (Å²) in [5.74, 6) is 0.984. The second kappa shape index (κ2) is 8.69. The molecule has 160 valence electrons. The average Bonchev–Trinajstić information content (AvgIpc) is 2.77. The van der Waals surface area contributed by atoms with Crippen molar-refractivity contribution in [2.24, 2.45) is 0 Å². The van der Waals surface area contributed by atoms with Crippen LogP contribution in [0.5, 0.6) is 11.5 Å². The zero-order valence-corrected chi connectivity index (χ0v) is 17.7. The lowest BCUT2D eigenvalue weighted by Crippen LogP contribution is -2.40. The summed E-state index contributed by atoms with van der Waals surface area (Å²) in [6.45, 7) is 2.47. The Hall–Kier alpha value is -3.52. The molecule has 0 fully saturated rings. The molecule has 31 heavy (non-hydrogen) atoms. The molecule has 2 N–H and O–H groups in total. The highest BCUT2D eigenvalue weighted by Crippen LogP contribution is 2.30. The summed E-state index contributed by atoms with van der Waals surface area (Å²) in [6, 6.07) is 20.2. The van der Waals surface area contributed by atoms with E-state index in [1.165, 1.54) is 6.07 Å². The quantitative estimate of drug-likeness (QED) is 0.616. The summed E-state index contributed by atoms with van der Waals surface area (Å²) >= 11 is 0. The lowest BCUT2D eigenvalue weighted by atomic mass is 10.2. The van der Waals surface area contributed by atoms with Gasteiger partial charge in [0, 0.05) is 11.3 Å². The monoisotopic (exact) mass is 438 g/mol. The minimum atomic E-state index is -3.75. The lowest BCUT2D eigenvalue weighted by molar-refractivity contribution is 0.0789. The van der Waals surface area contributed by atoms with E-state index in [1.807, 2.05) is 31.2 Å². The summed E-state index contributed by atoms with van der Waals surface area (Å²) in [6.07, 6.45) is -0.318. The van der Waals surface area contributed by atoms with Gasteiger partial charge in [0.25, 0.3) is 15.9 Å². The Bertz CT molecular complexity index is 1190. The molecule has 1 atom stereocenters. The van der Waals surface area contributed by atoms with Crippen molar-refractivity contribution in [1.82, 2.24) is 5.32 Å². The fourth-order valence-electron chi connectivity index (χ4n) is 3.13. The summed E-state index contributed by atoms with van der Waals surface area (Å²) in [4.78, 5) is 12.7. The van der Waals surface area contributed by atoms with Crippen molar-refractivity contribution in [3.63, 3.8) is 0 Å². The highest BCUT2D eigenvalue weighted by atomic mass is 32.2. The fourth-order valence-corrected chi connectivity index (χ4v) is 4.18. The Kier molecular flexibility index (Phi) is 5.81. The lowest BCUT2D eigenvalue weighted by Gasteiger charge is -2.26. The first-order valence-electron chi connectivity index (χ1n) is 9.77. The molecule has 1 heterocycles. The molecule has 3 aromatic rings. The van der Waals surface area contributed by atoms with Crippen LogP contribution in [-0.4, -0.2) is 33.6 Å². The molecule has 8 heteroatoms. The molecule has 0 bridgehead atoms. The number of sulfonamides is 1. The zero-order valence-electron chi connectivity index (χ0n) is 16.9. The SMILES string of the molecule is Cc1ccc(S(=O)(=O)Nc2cccc(C(=O)NC[C@@H]3COc4ccccc4O3)c2)cc1. The first kappa shape index (κ1) is 20.7. The number of hydrogen-bond donors (Lipinski definition) is 2. The molecule has 0 aromatic heterocycles. The third-order valence-corrected chi connectivity index (χ3v) is 6.16. The Labute approximate surface area is 181 Å². The van der Waals surface area contributed by atoms with Gasteiger partial charge < -0.3 is 14.8 Å². The van der Waals surface area contributed by atoms with Crippen molar-refractivity contribution >= 4 is 21.6 Å². The van der Waals surface area contributed by atoms with Crippen LogP contribution in [0.2, 0.25) is 0 Å². The van der Waals surface area contributed by atoms with E-state index in [2.05, 4.69) is 10.0 Å². The van der Waals surface area contributed by atoms with E-state index in [9.17, 15) is 13.2 Å². The number of fused-ring (bicyclic) bond motifs is 1. The summed E-state index contributed by atoms with van der Waals surface area (Å²) < 4.78 is 39.2. The molecular formula is C23H22N2O5S. The minimum absolute atomic E-state index is 0.155. The molecule has 0 saturated heterocycles. The van der Waals surface area contributed by atoms with E-state index in [0.717, 1.165) is 5.56 Å². The molecule has 0 aliphatic carbocycles. The van der Waals surface area contributed by atoms with Crippen molar-refractivity contribution < 1.29 is 22.7 Å². The maximum atomic E-state index is 12.6. The number of aryl methyl sites for hydroxylation is 1. The standard InChI is InChI=1S/C23H22N2O5S/c1-16-9-11-20(12-10-16)31(27,28)25-18-6-4-5-17(13-18)23(26)24-14-19-15-29-21-7-2-3-8-22(21)30-19/h2-13,19,25H,14-15H2,1H3,(H,24,26)/t19-/m1/s1. The van der Waals surface area contributed by atoms with Crippen molar-refractivity contribution in [1.29, 1.82) is 0 Å². The predicted octanol–water partition coefficient (Wildman–Crippen LogP) is 3.37. The second-order valence-electron chi connectivity index (χ2n) is 7.21. The molecule has 1 aliphatic rings. The molecule has 0 spiro atoms. The van der Waals surface area contributed by atoms with E-state index in [0.29, 0.717) is 29.4 Å². The molecule has 0 saturated carbocycles. The van der Waals surface area contributed by atoms with Crippen LogP contribution < -0.4 is 19.5 Å². The van der Waals surface area contributed by atoms with Crippen LogP contribution in [0.1, 0.15) is 15.9 Å². The molecule has 4 rings (SSSR count). The smallest absolute Gasteiger partial charge is 0.261 e. The Morgan fingerprint density at radius 2 is 1.74 bits per heavy atom. The molecular weight excluding hydrogens is 416 g/mol. The van der Waals surface area contributed by atoms with Crippen LogP contribution in [0.3, 0.4) is 0 Å². The third-order valence-electron chi connectivity index (χ3n) is 4.77. The van der Waals surface area contributed by atoms with Gasteiger partial charge in [-0.05, 0) is 49.4 Å². The van der Waals surface area contributed by atoms with E-state index in [4.69, 9.17) is 9.47 Å². The van der Waals surface area contributed by atoms with Gasteiger partial charge in [-0.2, -0.15) is 0 Å². The van der Waals surface area contributed by atoms with Gasteiger partial charge in [-0.15, -0.1) is 0 Å². The first-order valence-corrected chi connectivity index (χ1v) is 11.3. The summed E-state index contributed by atoms with van der Waals surface area (Å²) in [7, 11) is -3.75. The van der Waals surface area contributed by atoms with Gasteiger partial charge in [0.15, 0.2) is 11.5 Å². The maximum absolute atomic E-state index is 12.6. The van der Waals surface area contributed by atoms with Crippen molar-refractivity contribution in [3.8, 4) is 11.5 Å². The van der Waals surface area contributed by atoms with E-state index >= 15 is 0 Å². The predicted molar refractivity (Wildman–Crippen MR) is 117 cm³/mol. The van der Waals surface area contributed by atoms with Crippen LogP contribution in [0, 0.1) is 6.92 Å². The van der Waals surface area contributed by atoms with Crippen LogP contribution >= 0.6 is 0 Å². The van der Waals surface area contributed by atoms with Crippen molar-refractivity contribution in [2.45, 2.75) is 17.9 Å². The van der Waals surface area contributed by atoms with Crippen LogP contribution in [-0.2, 0) is 10.0 Å². The number of hydrogen-bond acceptors (Lipinski definition) is 5. The average molecular weight is 439 g/mol. The highest BCUT2D eigenvalue weighted by Gasteiger charge is 2.21. The van der Waals surface area contributed by atoms with Gasteiger partial charge in [-0.3, -0.25) is 9.52 Å². The van der Waals surface area contributed by atoms with Gasteiger partial charge in [0.2, 0.25) is 0 Å². The molecule has 1 amide bonds. The number of carbonyl (C=O) groups is 1.